The van der Waals surface area contributed by atoms with Crippen LogP contribution in [0.25, 0.3) is 0 Å². The van der Waals surface area contributed by atoms with Crippen molar-refractivity contribution < 1.29 is 9.90 Å². The number of aliphatic hydroxyl groups is 1. The Kier molecular flexibility index (Phi) is 4.60. The molecule has 0 saturated carbocycles. The molecule has 0 aliphatic carbocycles. The number of hydrogen-bond acceptors (Lipinski definition) is 4. The minimum Gasteiger partial charge on any atom is -0.381 e. The van der Waals surface area contributed by atoms with Crippen LogP contribution in [0.2, 0.25) is 5.02 Å². The summed E-state index contributed by atoms with van der Waals surface area (Å²) in [6, 6.07) is 7.49. The fourth-order valence-electron chi connectivity index (χ4n) is 2.87. The number of rotatable bonds is 4. The number of aromatic nitrogens is 3. The molecule has 1 saturated heterocycles. The maximum absolute atomic E-state index is 12.5. The summed E-state index contributed by atoms with van der Waals surface area (Å²) >= 11 is 6.12. The highest BCUT2D eigenvalue weighted by Gasteiger charge is 2.41. The second kappa shape index (κ2) is 6.53. The lowest BCUT2D eigenvalue weighted by Gasteiger charge is -2.21. The van der Waals surface area contributed by atoms with Gasteiger partial charge in [0.05, 0.1) is 19.2 Å². The Bertz CT molecular complexity index is 746. The average molecular weight is 349 g/mol. The third-order valence-corrected chi connectivity index (χ3v) is 4.78. The van der Waals surface area contributed by atoms with Gasteiger partial charge in [0.2, 0.25) is 5.91 Å². The van der Waals surface area contributed by atoms with E-state index >= 15 is 0 Å². The first kappa shape index (κ1) is 16.9. The lowest BCUT2D eigenvalue weighted by Crippen LogP contribution is -2.35. The third-order valence-electron chi connectivity index (χ3n) is 4.42. The molecule has 2 heterocycles. The summed E-state index contributed by atoms with van der Waals surface area (Å²) in [6.07, 6.45) is 2.44. The Labute approximate surface area is 146 Å². The lowest BCUT2D eigenvalue weighted by molar-refractivity contribution is -0.130. The molecule has 1 N–H and O–H groups in total. The molecule has 0 unspecified atom stereocenters. The standard InChI is InChI=1S/C17H21ClN4O2/c1-12(2)22-10-15(19-20-22)17(24)7-8-21(11-17)16(23)9-13-5-3-4-6-14(13)18/h3-6,10,12,24H,7-9,11H2,1-2H3/t17-/m1/s1. The van der Waals surface area contributed by atoms with Crippen LogP contribution in [0, 0.1) is 0 Å². The van der Waals surface area contributed by atoms with Crippen LogP contribution in [0.1, 0.15) is 37.6 Å². The fourth-order valence-corrected chi connectivity index (χ4v) is 3.08. The molecule has 24 heavy (non-hydrogen) atoms. The highest BCUT2D eigenvalue weighted by atomic mass is 35.5. The fraction of sp³-hybridized carbons (Fsp3) is 0.471. The van der Waals surface area contributed by atoms with E-state index in [1.807, 2.05) is 32.0 Å². The first-order valence-corrected chi connectivity index (χ1v) is 8.43. The van der Waals surface area contributed by atoms with Crippen LogP contribution in [0.3, 0.4) is 0 Å². The van der Waals surface area contributed by atoms with Gasteiger partial charge in [0.25, 0.3) is 0 Å². The van der Waals surface area contributed by atoms with Gasteiger partial charge in [-0.3, -0.25) is 4.79 Å². The highest BCUT2D eigenvalue weighted by Crippen LogP contribution is 2.31. The van der Waals surface area contributed by atoms with Crippen molar-refractivity contribution >= 4 is 17.5 Å². The summed E-state index contributed by atoms with van der Waals surface area (Å²) < 4.78 is 1.71. The second-order valence-electron chi connectivity index (χ2n) is 6.54. The summed E-state index contributed by atoms with van der Waals surface area (Å²) in [6.45, 7) is 4.72. The Morgan fingerprint density at radius 1 is 1.42 bits per heavy atom. The molecule has 1 aromatic carbocycles. The van der Waals surface area contributed by atoms with Crippen molar-refractivity contribution in [1.82, 2.24) is 19.9 Å². The van der Waals surface area contributed by atoms with Crippen molar-refractivity contribution in [3.63, 3.8) is 0 Å². The second-order valence-corrected chi connectivity index (χ2v) is 6.95. The monoisotopic (exact) mass is 348 g/mol. The minimum atomic E-state index is -1.14. The summed E-state index contributed by atoms with van der Waals surface area (Å²) in [7, 11) is 0. The number of benzene rings is 1. The van der Waals surface area contributed by atoms with Crippen molar-refractivity contribution in [3.8, 4) is 0 Å². The molecule has 1 amide bonds. The van der Waals surface area contributed by atoms with Gasteiger partial charge in [-0.1, -0.05) is 35.0 Å². The van der Waals surface area contributed by atoms with Gasteiger partial charge in [-0.05, 0) is 25.5 Å². The summed E-state index contributed by atoms with van der Waals surface area (Å²) in [4.78, 5) is 14.2. The maximum atomic E-state index is 12.5. The van der Waals surface area contributed by atoms with E-state index in [0.29, 0.717) is 23.7 Å². The zero-order valence-corrected chi connectivity index (χ0v) is 14.6. The number of amides is 1. The molecule has 1 atom stereocenters. The molecule has 1 aliphatic heterocycles. The van der Waals surface area contributed by atoms with Gasteiger partial charge < -0.3 is 10.0 Å². The topological polar surface area (TPSA) is 71.2 Å². The van der Waals surface area contributed by atoms with Crippen LogP contribution in [0.4, 0.5) is 0 Å². The zero-order chi connectivity index (χ0) is 17.3. The van der Waals surface area contributed by atoms with Crippen molar-refractivity contribution in [2.24, 2.45) is 0 Å². The maximum Gasteiger partial charge on any atom is 0.227 e. The number of halogens is 1. The van der Waals surface area contributed by atoms with Crippen molar-refractivity contribution in [3.05, 3.63) is 46.7 Å². The molecule has 2 aromatic rings. The highest BCUT2D eigenvalue weighted by molar-refractivity contribution is 6.31. The zero-order valence-electron chi connectivity index (χ0n) is 13.8. The number of carbonyl (C=O) groups is 1. The summed E-state index contributed by atoms with van der Waals surface area (Å²) in [5.74, 6) is -0.0460. The average Bonchev–Trinajstić information content (AvgIpc) is 3.17. The van der Waals surface area contributed by atoms with E-state index in [9.17, 15) is 9.90 Å². The molecule has 128 valence electrons. The van der Waals surface area contributed by atoms with Crippen LogP contribution in [0.5, 0.6) is 0 Å². The molecular weight excluding hydrogens is 328 g/mol. The molecule has 0 bridgehead atoms. The van der Waals surface area contributed by atoms with E-state index in [1.165, 1.54) is 0 Å². The quantitative estimate of drug-likeness (QED) is 0.919. The molecule has 7 heteroatoms. The van der Waals surface area contributed by atoms with Crippen molar-refractivity contribution in [2.75, 3.05) is 13.1 Å². The van der Waals surface area contributed by atoms with Crippen LogP contribution in [-0.4, -0.2) is 44.0 Å². The van der Waals surface area contributed by atoms with E-state index in [-0.39, 0.29) is 24.9 Å². The predicted molar refractivity (Wildman–Crippen MR) is 90.7 cm³/mol. The lowest BCUT2D eigenvalue weighted by atomic mass is 10.00. The molecule has 1 aromatic heterocycles. The SMILES string of the molecule is CC(C)n1cc([C@@]2(O)CCN(C(=O)Cc3ccccc3Cl)C2)nn1. The van der Waals surface area contributed by atoms with Crippen LogP contribution in [-0.2, 0) is 16.8 Å². The van der Waals surface area contributed by atoms with E-state index in [0.717, 1.165) is 5.56 Å². The Morgan fingerprint density at radius 3 is 2.83 bits per heavy atom. The number of β-amino-alcohol motifs (C(OH)–C–C–N with tert-alkyl or cyclic N) is 1. The van der Waals surface area contributed by atoms with Gasteiger partial charge >= 0.3 is 0 Å². The molecule has 0 spiro atoms. The van der Waals surface area contributed by atoms with Crippen molar-refractivity contribution in [1.29, 1.82) is 0 Å². The van der Waals surface area contributed by atoms with E-state index in [2.05, 4.69) is 10.3 Å². The molecule has 1 fully saturated rings. The van der Waals surface area contributed by atoms with Crippen LogP contribution < -0.4 is 0 Å². The van der Waals surface area contributed by atoms with E-state index in [1.54, 1.807) is 21.8 Å². The molecular formula is C17H21ClN4O2. The Hall–Kier alpha value is -1.92. The van der Waals surface area contributed by atoms with Crippen LogP contribution >= 0.6 is 11.6 Å². The summed E-state index contributed by atoms with van der Waals surface area (Å²) in [5, 5.41) is 19.6. The van der Waals surface area contributed by atoms with Gasteiger partial charge in [-0.15, -0.1) is 5.10 Å². The number of nitrogens with zero attached hydrogens (tertiary/aromatic N) is 4. The number of carbonyl (C=O) groups excluding carboxylic acids is 1. The molecule has 0 radical (unpaired) electrons. The van der Waals surface area contributed by atoms with Gasteiger partial charge in [0.1, 0.15) is 11.3 Å². The first-order valence-electron chi connectivity index (χ1n) is 8.05. The van der Waals surface area contributed by atoms with Gasteiger partial charge in [0, 0.05) is 24.0 Å². The normalized spacial score (nSPS) is 20.8. The van der Waals surface area contributed by atoms with E-state index in [4.69, 9.17) is 11.6 Å². The van der Waals surface area contributed by atoms with Gasteiger partial charge in [-0.25, -0.2) is 4.68 Å². The van der Waals surface area contributed by atoms with Crippen LogP contribution in [0.15, 0.2) is 30.5 Å². The minimum absolute atomic E-state index is 0.0460. The predicted octanol–water partition coefficient (Wildman–Crippen LogP) is 2.17. The van der Waals surface area contributed by atoms with Crippen molar-refractivity contribution in [2.45, 2.75) is 38.3 Å². The Morgan fingerprint density at radius 2 is 2.17 bits per heavy atom. The van der Waals surface area contributed by atoms with Gasteiger partial charge in [-0.2, -0.15) is 0 Å². The smallest absolute Gasteiger partial charge is 0.227 e. The Balaban J connectivity index is 1.69. The molecule has 3 rings (SSSR count). The first-order chi connectivity index (χ1) is 11.4. The largest absolute Gasteiger partial charge is 0.381 e. The molecule has 6 nitrogen and oxygen atoms in total. The summed E-state index contributed by atoms with van der Waals surface area (Å²) in [5.41, 5.74) is 0.179. The van der Waals surface area contributed by atoms with E-state index < -0.39 is 5.60 Å². The third kappa shape index (κ3) is 3.30. The number of likely N-dealkylation sites (tertiary alicyclic amines) is 1. The molecule has 1 aliphatic rings. The van der Waals surface area contributed by atoms with Gasteiger partial charge in [0.15, 0.2) is 0 Å². The number of hydrogen-bond donors (Lipinski definition) is 1.